The zero-order chi connectivity index (χ0) is 78.3. The highest BCUT2D eigenvalue weighted by atomic mass is 79.9. The molecule has 3 aliphatic rings. The SMILES string of the molecule is C=CC(=O)Nc1cccc(Nc2nc(Nc3ccc(N4CCCOCC4)cc3OC)ncc2C)c1.C=CC(=O)Nc1cccc(Nc2nc(Nc3ccc(N4CCN(C(C)=O)CC4)cc3OC)ncc2Br)c1.C=CC(=O)Nc1cccc(Nc2nc(Nc3ccc(N4CCN(S(C)(=O)=O)CC4)cc3OC)ncc2Cl)c1. The highest BCUT2D eigenvalue weighted by molar-refractivity contribution is 9.10. The molecule has 3 fully saturated rings. The smallest absolute Gasteiger partial charge is 0.247 e. The molecule has 9 aromatic rings. The minimum atomic E-state index is -3.20. The number of sulfonamides is 1. The van der Waals surface area contributed by atoms with Crippen LogP contribution in [0.15, 0.2) is 188 Å². The Morgan fingerprint density at radius 3 is 1.32 bits per heavy atom. The fraction of sp³-hybridized carbons (Fsp3) is 0.247. The normalized spacial score (nSPS) is 13.5. The van der Waals surface area contributed by atoms with E-state index in [2.05, 4.69) is 134 Å². The second-order valence-electron chi connectivity index (χ2n) is 24.8. The topological polar surface area (TPSA) is 341 Å². The Kier molecular flexibility index (Phi) is 28.2. The van der Waals surface area contributed by atoms with Crippen LogP contribution in [0.3, 0.4) is 0 Å². The first-order chi connectivity index (χ1) is 53.1. The van der Waals surface area contributed by atoms with Gasteiger partial charge in [0.05, 0.1) is 61.9 Å². The zero-order valence-electron chi connectivity index (χ0n) is 61.6. The van der Waals surface area contributed by atoms with Gasteiger partial charge in [-0.2, -0.15) is 19.3 Å². The molecular weight excluding hydrogens is 1510 g/mol. The van der Waals surface area contributed by atoms with Crippen molar-refractivity contribution in [2.24, 2.45) is 0 Å². The van der Waals surface area contributed by atoms with Gasteiger partial charge in [0.25, 0.3) is 0 Å². The molecule has 0 bridgehead atoms. The van der Waals surface area contributed by atoms with Crippen molar-refractivity contribution in [3.63, 3.8) is 0 Å². The number of methoxy groups -OCH3 is 3. The molecule has 0 spiro atoms. The van der Waals surface area contributed by atoms with Gasteiger partial charge in [-0.05, 0) is 138 Å². The predicted octanol–water partition coefficient (Wildman–Crippen LogP) is 13.0. The molecular formula is C77H86BrClN20O10S. The van der Waals surface area contributed by atoms with Gasteiger partial charge in [0.15, 0.2) is 5.82 Å². The van der Waals surface area contributed by atoms with Crippen LogP contribution in [0.1, 0.15) is 18.9 Å². The number of anilines is 18. The van der Waals surface area contributed by atoms with E-state index >= 15 is 0 Å². The first-order valence-corrected chi connectivity index (χ1v) is 37.8. The van der Waals surface area contributed by atoms with Crippen molar-refractivity contribution in [1.82, 2.24) is 39.1 Å². The Morgan fingerprint density at radius 1 is 0.491 bits per heavy atom. The fourth-order valence-electron chi connectivity index (χ4n) is 11.5. The molecule has 4 amide bonds. The summed E-state index contributed by atoms with van der Waals surface area (Å²) < 4.78 is 48.2. The summed E-state index contributed by atoms with van der Waals surface area (Å²) in [6, 6.07) is 39.3. The molecule has 30 nitrogen and oxygen atoms in total. The first-order valence-electron chi connectivity index (χ1n) is 34.8. The molecule has 3 aromatic heterocycles. The molecule has 3 saturated heterocycles. The van der Waals surface area contributed by atoms with Crippen LogP contribution < -0.4 is 76.8 Å². The van der Waals surface area contributed by atoms with Gasteiger partial charge in [-0.25, -0.2) is 23.4 Å². The highest BCUT2D eigenvalue weighted by Crippen LogP contribution is 2.37. The summed E-state index contributed by atoms with van der Waals surface area (Å²) in [7, 11) is 1.64. The number of amides is 4. The Labute approximate surface area is 651 Å². The second-order valence-corrected chi connectivity index (χ2v) is 28.1. The number of aryl methyl sites for hydroxylation is 1. The highest BCUT2D eigenvalue weighted by Gasteiger charge is 2.26. The minimum Gasteiger partial charge on any atom is -0.494 e. The van der Waals surface area contributed by atoms with Crippen molar-refractivity contribution in [2.75, 3.05) is 169 Å². The maximum atomic E-state index is 11.8. The third kappa shape index (κ3) is 22.7. The summed E-state index contributed by atoms with van der Waals surface area (Å²) in [5.41, 5.74) is 10.1. The van der Waals surface area contributed by atoms with Crippen molar-refractivity contribution in [3.8, 4) is 17.2 Å². The molecule has 3 aliphatic heterocycles. The van der Waals surface area contributed by atoms with E-state index in [1.165, 1.54) is 35.0 Å². The van der Waals surface area contributed by atoms with E-state index in [0.717, 1.165) is 91.2 Å². The predicted molar refractivity (Wildman–Crippen MR) is 439 cm³/mol. The lowest BCUT2D eigenvalue weighted by atomic mass is 10.2. The molecule has 0 unspecified atom stereocenters. The van der Waals surface area contributed by atoms with Gasteiger partial charge in [0.1, 0.15) is 33.9 Å². The van der Waals surface area contributed by atoms with Crippen LogP contribution in [0.2, 0.25) is 5.02 Å². The minimum absolute atomic E-state index is 0.104. The van der Waals surface area contributed by atoms with E-state index in [0.29, 0.717) is 130 Å². The summed E-state index contributed by atoms with van der Waals surface area (Å²) in [5.74, 6) is 3.83. The molecule has 6 aromatic carbocycles. The number of carbonyl (C=O) groups is 4. The molecule has 110 heavy (non-hydrogen) atoms. The number of halogens is 2. The zero-order valence-corrected chi connectivity index (χ0v) is 64.7. The van der Waals surface area contributed by atoms with E-state index in [1.807, 2.05) is 96.8 Å². The Morgan fingerprint density at radius 2 is 0.882 bits per heavy atom. The number of ether oxygens (including phenoxy) is 4. The molecule has 0 aliphatic carbocycles. The van der Waals surface area contributed by atoms with Gasteiger partial charge in [-0.3, -0.25) is 19.2 Å². The van der Waals surface area contributed by atoms with Crippen LogP contribution in [-0.2, 0) is 33.9 Å². The third-order valence-electron chi connectivity index (χ3n) is 17.2. The number of nitrogens with zero attached hydrogens (tertiary/aromatic N) is 11. The van der Waals surface area contributed by atoms with Crippen molar-refractivity contribution >= 4 is 165 Å². The van der Waals surface area contributed by atoms with Gasteiger partial charge in [-0.1, -0.05) is 49.5 Å². The average molecular weight is 1600 g/mol. The Balaban J connectivity index is 0.000000176. The van der Waals surface area contributed by atoms with E-state index in [9.17, 15) is 27.6 Å². The molecule has 0 saturated carbocycles. The van der Waals surface area contributed by atoms with Gasteiger partial charge >= 0.3 is 0 Å². The van der Waals surface area contributed by atoms with Gasteiger partial charge in [0.2, 0.25) is 51.5 Å². The number of hydrogen-bond donors (Lipinski definition) is 9. The summed E-state index contributed by atoms with van der Waals surface area (Å²) >= 11 is 9.82. The number of rotatable bonds is 25. The van der Waals surface area contributed by atoms with Gasteiger partial charge < -0.3 is 86.4 Å². The number of benzene rings is 6. The van der Waals surface area contributed by atoms with Crippen molar-refractivity contribution in [1.29, 1.82) is 0 Å². The van der Waals surface area contributed by atoms with E-state index in [1.54, 1.807) is 77.0 Å². The molecule has 0 atom stereocenters. The number of carbonyl (C=O) groups excluding carboxylic acids is 4. The summed E-state index contributed by atoms with van der Waals surface area (Å²) in [6.45, 7) is 22.2. The molecule has 12 rings (SSSR count). The lowest BCUT2D eigenvalue weighted by molar-refractivity contribution is -0.129. The van der Waals surface area contributed by atoms with E-state index in [4.69, 9.17) is 30.5 Å². The Hall–Kier alpha value is -12.1. The fourth-order valence-corrected chi connectivity index (χ4v) is 12.8. The average Bonchev–Trinajstić information content (AvgIpc) is 1.09. The molecule has 0 radical (unpaired) electrons. The van der Waals surface area contributed by atoms with Crippen molar-refractivity contribution < 1.29 is 46.5 Å². The summed E-state index contributed by atoms with van der Waals surface area (Å²) in [6.07, 6.45) is 10.7. The molecule has 33 heteroatoms. The Bertz CT molecular complexity index is 4910. The van der Waals surface area contributed by atoms with E-state index < -0.39 is 10.0 Å². The third-order valence-corrected chi connectivity index (χ3v) is 19.4. The number of aromatic nitrogens is 6. The maximum Gasteiger partial charge on any atom is 0.247 e. The first kappa shape index (κ1) is 80.4. The maximum absolute atomic E-state index is 11.8. The van der Waals surface area contributed by atoms with Crippen LogP contribution in [0.25, 0.3) is 0 Å². The van der Waals surface area contributed by atoms with Crippen LogP contribution in [-0.4, -0.2) is 177 Å². The van der Waals surface area contributed by atoms with Crippen LogP contribution in [0, 0.1) is 6.92 Å². The molecule has 6 heterocycles. The standard InChI is InChI=1S/C26H28BrN7O3.C26H30N6O3.C25H28ClN7O4S/c1-4-24(36)29-18-6-5-7-19(14-18)30-25-21(27)16-28-26(32-25)31-22-9-8-20(15-23(22)37-3)34-12-10-33(11-13-34)17(2)35;1-4-24(33)28-19-7-5-8-20(15-19)29-25-18(2)17-27-26(31-25)30-22-10-9-21(16-23(22)34-3)32-11-6-13-35-14-12-32;1-4-23(34)28-17-6-5-7-18(14-17)29-24-20(26)16-27-25(31-24)30-21-9-8-19(15-22(21)37-2)32-10-12-33(13-11-32)38(3,35)36/h4-9,14-16H,1,10-13H2,2-3H3,(H,29,36)(H2,28,30,31,32);4-5,7-10,15-17H,1,6,11-14H2,2-3H3,(H,28,33)(H2,27,29,30,31);4-9,14-16H,1,10-13H2,2-3H3,(H,28,34)(H2,27,29,30,31). The second kappa shape index (κ2) is 38.6. The lowest BCUT2D eigenvalue weighted by Crippen LogP contribution is -2.48. The quantitative estimate of drug-likeness (QED) is 0.0240. The number of nitrogens with one attached hydrogen (secondary N) is 9. The van der Waals surface area contributed by atoms with Crippen molar-refractivity contribution in [3.05, 3.63) is 199 Å². The molecule has 574 valence electrons. The van der Waals surface area contributed by atoms with Crippen LogP contribution in [0.5, 0.6) is 17.2 Å². The monoisotopic (exact) mass is 1600 g/mol. The van der Waals surface area contributed by atoms with Crippen LogP contribution in [0.4, 0.5) is 104 Å². The van der Waals surface area contributed by atoms with Crippen molar-refractivity contribution in [2.45, 2.75) is 20.3 Å². The summed E-state index contributed by atoms with van der Waals surface area (Å²) in [4.78, 5) is 81.7. The van der Waals surface area contributed by atoms with Crippen LogP contribution >= 0.6 is 27.5 Å². The van der Waals surface area contributed by atoms with Gasteiger partial charge in [-0.15, -0.1) is 0 Å². The summed E-state index contributed by atoms with van der Waals surface area (Å²) in [5, 5.41) is 27.8. The molecule has 9 N–H and O–H groups in total. The number of piperazine rings is 2. The largest absolute Gasteiger partial charge is 0.494 e. The van der Waals surface area contributed by atoms with E-state index in [-0.39, 0.29) is 23.6 Å². The number of hydrogen-bond acceptors (Lipinski definition) is 25. The lowest BCUT2D eigenvalue weighted by Gasteiger charge is -2.35. The van der Waals surface area contributed by atoms with Gasteiger partial charge in [0, 0.05) is 166 Å².